The molecule has 0 heterocycles. The van der Waals surface area contributed by atoms with Crippen LogP contribution >= 0.6 is 0 Å². The zero-order chi connectivity index (χ0) is 12.8. The van der Waals surface area contributed by atoms with Crippen LogP contribution in [0.5, 0.6) is 0 Å². The van der Waals surface area contributed by atoms with Crippen molar-refractivity contribution in [3.63, 3.8) is 0 Å². The third-order valence-electron chi connectivity index (χ3n) is 2.32. The topological polar surface area (TPSA) is 115 Å². The highest BCUT2D eigenvalue weighted by molar-refractivity contribution is 5.48. The highest BCUT2D eigenvalue weighted by atomic mass is 19.1. The van der Waals surface area contributed by atoms with Crippen molar-refractivity contribution in [3.8, 4) is 0 Å². The van der Waals surface area contributed by atoms with Gasteiger partial charge < -0.3 is 15.9 Å². The summed E-state index contributed by atoms with van der Waals surface area (Å²) in [5, 5.41) is 22.6. The van der Waals surface area contributed by atoms with E-state index in [4.69, 9.17) is 11.3 Å². The van der Waals surface area contributed by atoms with Crippen molar-refractivity contribution >= 4 is 5.69 Å². The largest absolute Gasteiger partial charge is 0.398 e. The second kappa shape index (κ2) is 6.05. The van der Waals surface area contributed by atoms with Gasteiger partial charge in [-0.3, -0.25) is 0 Å². The van der Waals surface area contributed by atoms with Crippen LogP contribution in [-0.4, -0.2) is 22.9 Å². The molecule has 0 fully saturated rings. The predicted octanol–water partition coefficient (Wildman–Crippen LogP) is 1.50. The molecule has 0 radical (unpaired) electrons. The first kappa shape index (κ1) is 13.2. The summed E-state index contributed by atoms with van der Waals surface area (Å²) >= 11 is 0. The first-order valence-electron chi connectivity index (χ1n) is 4.98. The average molecular weight is 240 g/mol. The summed E-state index contributed by atoms with van der Waals surface area (Å²) in [5.41, 5.74) is 13.9. The molecule has 92 valence electrons. The Morgan fingerprint density at radius 2 is 2.18 bits per heavy atom. The Balaban J connectivity index is 2.73. The molecule has 17 heavy (non-hydrogen) atoms. The van der Waals surface area contributed by atoms with Crippen LogP contribution in [-0.2, 0) is 0 Å². The van der Waals surface area contributed by atoms with Crippen LogP contribution in [0.3, 0.4) is 0 Å². The highest BCUT2D eigenvalue weighted by Gasteiger charge is 2.20. The summed E-state index contributed by atoms with van der Waals surface area (Å²) in [6.07, 6.45) is -2.25. The Bertz CT molecular complexity index is 434. The number of aliphatic hydroxyl groups excluding tert-OH is 2. The summed E-state index contributed by atoms with van der Waals surface area (Å²) in [5.74, 6) is -0.512. The van der Waals surface area contributed by atoms with Crippen molar-refractivity contribution < 1.29 is 14.6 Å². The smallest absolute Gasteiger partial charge is 0.125 e. The molecular weight excluding hydrogens is 227 g/mol. The average Bonchev–Trinajstić information content (AvgIpc) is 2.28. The van der Waals surface area contributed by atoms with Crippen LogP contribution in [0.25, 0.3) is 10.4 Å². The van der Waals surface area contributed by atoms with Gasteiger partial charge in [0.2, 0.25) is 0 Å². The van der Waals surface area contributed by atoms with Gasteiger partial charge in [0.25, 0.3) is 0 Å². The van der Waals surface area contributed by atoms with Crippen molar-refractivity contribution in [2.45, 2.75) is 18.6 Å². The molecule has 2 atom stereocenters. The van der Waals surface area contributed by atoms with Crippen LogP contribution in [0, 0.1) is 5.82 Å². The second-order valence-corrected chi connectivity index (χ2v) is 3.53. The Labute approximate surface area is 97.1 Å². The predicted molar refractivity (Wildman–Crippen MR) is 60.4 cm³/mol. The summed E-state index contributed by atoms with van der Waals surface area (Å²) in [6.45, 7) is 0.0653. The van der Waals surface area contributed by atoms with Gasteiger partial charge in [-0.25, -0.2) is 4.39 Å². The number of hydrogen-bond acceptors (Lipinski definition) is 4. The quantitative estimate of drug-likeness (QED) is 0.313. The lowest BCUT2D eigenvalue weighted by atomic mass is 10.0. The van der Waals surface area contributed by atoms with Crippen LogP contribution < -0.4 is 5.73 Å². The van der Waals surface area contributed by atoms with E-state index in [1.807, 2.05) is 0 Å². The molecule has 0 aliphatic heterocycles. The highest BCUT2D eigenvalue weighted by Crippen LogP contribution is 2.25. The molecule has 2 unspecified atom stereocenters. The van der Waals surface area contributed by atoms with E-state index in [0.717, 1.165) is 12.1 Å². The van der Waals surface area contributed by atoms with E-state index in [-0.39, 0.29) is 24.2 Å². The fraction of sp³-hybridized carbons (Fsp3) is 0.400. The molecule has 1 aromatic carbocycles. The number of anilines is 1. The number of rotatable bonds is 5. The van der Waals surface area contributed by atoms with Gasteiger partial charge in [-0.05, 0) is 24.1 Å². The Kier molecular flexibility index (Phi) is 4.71. The lowest BCUT2D eigenvalue weighted by Gasteiger charge is -2.18. The molecule has 0 saturated carbocycles. The van der Waals surface area contributed by atoms with Crippen molar-refractivity contribution in [1.82, 2.24) is 0 Å². The van der Waals surface area contributed by atoms with Gasteiger partial charge in [0.1, 0.15) is 11.9 Å². The maximum Gasteiger partial charge on any atom is 0.125 e. The molecule has 0 saturated heterocycles. The number of azide groups is 1. The van der Waals surface area contributed by atoms with Gasteiger partial charge in [-0.2, -0.15) is 0 Å². The minimum absolute atomic E-state index is 0.0653. The van der Waals surface area contributed by atoms with Crippen molar-refractivity contribution in [1.29, 1.82) is 0 Å². The van der Waals surface area contributed by atoms with Gasteiger partial charge in [0, 0.05) is 22.7 Å². The number of aliphatic hydroxyl groups is 2. The van der Waals surface area contributed by atoms with E-state index in [0.29, 0.717) is 0 Å². The standard InChI is InChI=1S/C10H13FN4O2/c11-6-1-2-7(8(12)5-6)10(17)9(16)3-4-14-15-13/h1-2,5,9-10,16-17H,3-4,12H2. The lowest BCUT2D eigenvalue weighted by molar-refractivity contribution is 0.0154. The van der Waals surface area contributed by atoms with Crippen molar-refractivity contribution in [2.24, 2.45) is 5.11 Å². The van der Waals surface area contributed by atoms with Crippen LogP contribution in [0.2, 0.25) is 0 Å². The van der Waals surface area contributed by atoms with Crippen LogP contribution in [0.1, 0.15) is 18.1 Å². The Morgan fingerprint density at radius 3 is 2.76 bits per heavy atom. The molecule has 0 spiro atoms. The van der Waals surface area contributed by atoms with Gasteiger partial charge in [-0.1, -0.05) is 11.2 Å². The Hall–Kier alpha value is -1.82. The summed E-state index contributed by atoms with van der Waals surface area (Å²) in [4.78, 5) is 2.53. The van der Waals surface area contributed by atoms with Crippen molar-refractivity contribution in [3.05, 3.63) is 40.0 Å². The van der Waals surface area contributed by atoms with E-state index < -0.39 is 18.0 Å². The molecule has 0 amide bonds. The SMILES string of the molecule is [N-]=[N+]=NCCC(O)C(O)c1ccc(F)cc1N. The number of benzene rings is 1. The molecule has 4 N–H and O–H groups in total. The molecular formula is C10H13FN4O2. The number of hydrogen-bond donors (Lipinski definition) is 3. The molecule has 0 aliphatic carbocycles. The fourth-order valence-electron chi connectivity index (χ4n) is 1.41. The van der Waals surface area contributed by atoms with Gasteiger partial charge in [-0.15, -0.1) is 0 Å². The molecule has 1 rings (SSSR count). The van der Waals surface area contributed by atoms with Gasteiger partial charge in [0.15, 0.2) is 0 Å². The van der Waals surface area contributed by atoms with E-state index in [2.05, 4.69) is 10.0 Å². The zero-order valence-corrected chi connectivity index (χ0v) is 8.99. The van der Waals surface area contributed by atoms with Crippen LogP contribution in [0.4, 0.5) is 10.1 Å². The number of halogens is 1. The molecule has 0 aliphatic rings. The summed E-state index contributed by atoms with van der Waals surface area (Å²) in [6, 6.07) is 3.53. The van der Waals surface area contributed by atoms with Gasteiger partial charge >= 0.3 is 0 Å². The minimum atomic E-state index is -1.23. The lowest BCUT2D eigenvalue weighted by Crippen LogP contribution is -2.20. The number of nitrogen functional groups attached to an aromatic ring is 1. The minimum Gasteiger partial charge on any atom is -0.398 e. The fourth-order valence-corrected chi connectivity index (χ4v) is 1.41. The van der Waals surface area contributed by atoms with E-state index in [1.165, 1.54) is 6.07 Å². The third kappa shape index (κ3) is 3.60. The maximum absolute atomic E-state index is 12.8. The normalized spacial score (nSPS) is 13.8. The first-order valence-corrected chi connectivity index (χ1v) is 4.98. The summed E-state index contributed by atoms with van der Waals surface area (Å²) in [7, 11) is 0. The van der Waals surface area contributed by atoms with Crippen LogP contribution in [0.15, 0.2) is 23.3 Å². The second-order valence-electron chi connectivity index (χ2n) is 3.53. The molecule has 0 aromatic heterocycles. The summed E-state index contributed by atoms with van der Waals surface area (Å²) < 4.78 is 12.8. The monoisotopic (exact) mass is 240 g/mol. The van der Waals surface area contributed by atoms with E-state index >= 15 is 0 Å². The first-order chi connectivity index (χ1) is 8.06. The molecule has 7 heteroatoms. The number of nitrogens with two attached hydrogens (primary N) is 1. The van der Waals surface area contributed by atoms with Gasteiger partial charge in [0.05, 0.1) is 6.10 Å². The third-order valence-corrected chi connectivity index (χ3v) is 2.32. The Morgan fingerprint density at radius 1 is 1.47 bits per heavy atom. The molecule has 0 bridgehead atoms. The van der Waals surface area contributed by atoms with Crippen molar-refractivity contribution in [2.75, 3.05) is 12.3 Å². The van der Waals surface area contributed by atoms with E-state index in [9.17, 15) is 14.6 Å². The zero-order valence-electron chi connectivity index (χ0n) is 8.99. The van der Waals surface area contributed by atoms with E-state index in [1.54, 1.807) is 0 Å². The maximum atomic E-state index is 12.8. The molecule has 1 aromatic rings. The number of nitrogens with zero attached hydrogens (tertiary/aromatic N) is 3. The molecule has 6 nitrogen and oxygen atoms in total.